The minimum absolute atomic E-state index is 0.436. The van der Waals surface area contributed by atoms with Crippen LogP contribution in [0.15, 0.2) is 30.3 Å². The van der Waals surface area contributed by atoms with E-state index in [0.29, 0.717) is 12.1 Å². The summed E-state index contributed by atoms with van der Waals surface area (Å²) in [5.74, 6) is 0. The van der Waals surface area contributed by atoms with Gasteiger partial charge in [0.25, 0.3) is 0 Å². The Morgan fingerprint density at radius 2 is 2.15 bits per heavy atom. The second kappa shape index (κ2) is 8.40. The van der Waals surface area contributed by atoms with Crippen molar-refractivity contribution in [2.45, 2.75) is 45.4 Å². The van der Waals surface area contributed by atoms with Crippen LogP contribution in [-0.2, 0) is 11.3 Å². The maximum atomic E-state index is 5.64. The standard InChI is InChI=1S/C17H28N2O/c1-3-19(14-16-8-5-4-6-9-16)15(2)12-18-13-17-10-7-11-20-17/h4-6,8-9,15,17-18H,3,7,10-14H2,1-2H3. The van der Waals surface area contributed by atoms with E-state index in [1.165, 1.54) is 18.4 Å². The predicted molar refractivity (Wildman–Crippen MR) is 83.8 cm³/mol. The Bertz CT molecular complexity index is 363. The molecule has 0 aliphatic carbocycles. The van der Waals surface area contributed by atoms with Crippen molar-refractivity contribution in [2.24, 2.45) is 0 Å². The summed E-state index contributed by atoms with van der Waals surface area (Å²) in [6, 6.07) is 11.3. The van der Waals surface area contributed by atoms with Crippen molar-refractivity contribution >= 4 is 0 Å². The molecule has 1 aromatic rings. The fourth-order valence-electron chi connectivity index (χ4n) is 2.78. The topological polar surface area (TPSA) is 24.5 Å². The molecule has 1 heterocycles. The Morgan fingerprint density at radius 1 is 1.35 bits per heavy atom. The number of rotatable bonds is 8. The third kappa shape index (κ3) is 4.89. The SMILES string of the molecule is CCN(Cc1ccccc1)C(C)CNCC1CCCO1. The van der Waals surface area contributed by atoms with Gasteiger partial charge in [-0.15, -0.1) is 0 Å². The molecule has 0 bridgehead atoms. The predicted octanol–water partition coefficient (Wildman–Crippen LogP) is 2.67. The molecular formula is C17H28N2O. The molecule has 20 heavy (non-hydrogen) atoms. The fourth-order valence-corrected chi connectivity index (χ4v) is 2.78. The van der Waals surface area contributed by atoms with Crippen LogP contribution in [0.5, 0.6) is 0 Å². The molecule has 1 fully saturated rings. The normalized spacial score (nSPS) is 20.4. The number of benzene rings is 1. The van der Waals surface area contributed by atoms with Gasteiger partial charge >= 0.3 is 0 Å². The molecule has 0 amide bonds. The number of nitrogens with zero attached hydrogens (tertiary/aromatic N) is 1. The van der Waals surface area contributed by atoms with Crippen molar-refractivity contribution in [2.75, 3.05) is 26.2 Å². The molecule has 1 aliphatic rings. The molecule has 1 aromatic carbocycles. The highest BCUT2D eigenvalue weighted by atomic mass is 16.5. The van der Waals surface area contributed by atoms with Crippen LogP contribution in [0.2, 0.25) is 0 Å². The van der Waals surface area contributed by atoms with Gasteiger partial charge in [0, 0.05) is 32.3 Å². The molecule has 2 rings (SSSR count). The Labute approximate surface area is 123 Å². The summed E-state index contributed by atoms with van der Waals surface area (Å²) in [5.41, 5.74) is 1.39. The molecule has 3 heteroatoms. The summed E-state index contributed by atoms with van der Waals surface area (Å²) in [6.45, 7) is 9.61. The van der Waals surface area contributed by atoms with E-state index < -0.39 is 0 Å². The molecular weight excluding hydrogens is 248 g/mol. The van der Waals surface area contributed by atoms with Crippen LogP contribution in [0.1, 0.15) is 32.3 Å². The van der Waals surface area contributed by atoms with Crippen LogP contribution in [0.25, 0.3) is 0 Å². The molecule has 1 aliphatic heterocycles. The van der Waals surface area contributed by atoms with Crippen molar-refractivity contribution in [3.63, 3.8) is 0 Å². The quantitative estimate of drug-likeness (QED) is 0.790. The molecule has 2 unspecified atom stereocenters. The Balaban J connectivity index is 1.72. The number of ether oxygens (including phenoxy) is 1. The van der Waals surface area contributed by atoms with Crippen molar-refractivity contribution < 1.29 is 4.74 Å². The van der Waals surface area contributed by atoms with E-state index in [9.17, 15) is 0 Å². The number of nitrogens with one attached hydrogen (secondary N) is 1. The Morgan fingerprint density at radius 3 is 2.80 bits per heavy atom. The van der Waals surface area contributed by atoms with Crippen LogP contribution >= 0.6 is 0 Å². The second-order valence-corrected chi connectivity index (χ2v) is 5.69. The van der Waals surface area contributed by atoms with Gasteiger partial charge in [0.2, 0.25) is 0 Å². The van der Waals surface area contributed by atoms with Crippen molar-refractivity contribution in [1.29, 1.82) is 0 Å². The lowest BCUT2D eigenvalue weighted by atomic mass is 10.1. The molecule has 1 N–H and O–H groups in total. The van der Waals surface area contributed by atoms with Crippen molar-refractivity contribution in [3.8, 4) is 0 Å². The first-order valence-electron chi connectivity index (χ1n) is 7.90. The first-order valence-corrected chi connectivity index (χ1v) is 7.90. The summed E-state index contributed by atoms with van der Waals surface area (Å²) >= 11 is 0. The highest BCUT2D eigenvalue weighted by Crippen LogP contribution is 2.11. The zero-order valence-corrected chi connectivity index (χ0v) is 12.8. The van der Waals surface area contributed by atoms with Crippen LogP contribution in [-0.4, -0.2) is 43.3 Å². The highest BCUT2D eigenvalue weighted by Gasteiger charge is 2.16. The lowest BCUT2D eigenvalue weighted by molar-refractivity contribution is 0.107. The molecule has 0 saturated carbocycles. The van der Waals surface area contributed by atoms with Gasteiger partial charge in [0.1, 0.15) is 0 Å². The van der Waals surface area contributed by atoms with Crippen molar-refractivity contribution in [1.82, 2.24) is 10.2 Å². The van der Waals surface area contributed by atoms with Gasteiger partial charge in [0.05, 0.1) is 6.10 Å². The highest BCUT2D eigenvalue weighted by molar-refractivity contribution is 5.14. The van der Waals surface area contributed by atoms with Gasteiger partial charge in [-0.3, -0.25) is 4.90 Å². The first kappa shape index (κ1) is 15.5. The maximum absolute atomic E-state index is 5.64. The van der Waals surface area contributed by atoms with Crippen LogP contribution in [0.4, 0.5) is 0 Å². The third-order valence-corrected chi connectivity index (χ3v) is 4.09. The Kier molecular flexibility index (Phi) is 6.51. The monoisotopic (exact) mass is 276 g/mol. The largest absolute Gasteiger partial charge is 0.377 e. The molecule has 112 valence electrons. The molecule has 0 radical (unpaired) electrons. The molecule has 0 spiro atoms. The maximum Gasteiger partial charge on any atom is 0.0700 e. The average Bonchev–Trinajstić information content (AvgIpc) is 2.99. The van der Waals surface area contributed by atoms with Crippen LogP contribution < -0.4 is 5.32 Å². The summed E-state index contributed by atoms with van der Waals surface area (Å²) in [5, 5.41) is 3.56. The number of hydrogen-bond donors (Lipinski definition) is 1. The second-order valence-electron chi connectivity index (χ2n) is 5.69. The third-order valence-electron chi connectivity index (χ3n) is 4.09. The zero-order valence-electron chi connectivity index (χ0n) is 12.8. The smallest absolute Gasteiger partial charge is 0.0700 e. The lowest BCUT2D eigenvalue weighted by Crippen LogP contribution is -2.41. The summed E-state index contributed by atoms with van der Waals surface area (Å²) < 4.78 is 5.64. The Hall–Kier alpha value is -0.900. The first-order chi connectivity index (χ1) is 9.79. The zero-order chi connectivity index (χ0) is 14.2. The van der Waals surface area contributed by atoms with E-state index >= 15 is 0 Å². The van der Waals surface area contributed by atoms with Crippen LogP contribution in [0.3, 0.4) is 0 Å². The van der Waals surface area contributed by atoms with E-state index in [1.807, 2.05) is 0 Å². The minimum atomic E-state index is 0.436. The van der Waals surface area contributed by atoms with E-state index in [4.69, 9.17) is 4.74 Å². The van der Waals surface area contributed by atoms with Gasteiger partial charge in [-0.05, 0) is 31.9 Å². The molecule has 0 aromatic heterocycles. The van der Waals surface area contributed by atoms with E-state index in [0.717, 1.165) is 32.8 Å². The average molecular weight is 276 g/mol. The summed E-state index contributed by atoms with van der Waals surface area (Å²) in [6.07, 6.45) is 2.87. The molecule has 1 saturated heterocycles. The summed E-state index contributed by atoms with van der Waals surface area (Å²) in [4.78, 5) is 2.51. The van der Waals surface area contributed by atoms with Gasteiger partial charge < -0.3 is 10.1 Å². The number of hydrogen-bond acceptors (Lipinski definition) is 3. The molecule has 3 nitrogen and oxygen atoms in total. The minimum Gasteiger partial charge on any atom is -0.377 e. The van der Waals surface area contributed by atoms with E-state index in [2.05, 4.69) is 54.4 Å². The van der Waals surface area contributed by atoms with Gasteiger partial charge in [-0.2, -0.15) is 0 Å². The van der Waals surface area contributed by atoms with Gasteiger partial charge in [-0.1, -0.05) is 37.3 Å². The van der Waals surface area contributed by atoms with Crippen molar-refractivity contribution in [3.05, 3.63) is 35.9 Å². The number of likely N-dealkylation sites (N-methyl/N-ethyl adjacent to an activating group) is 1. The van der Waals surface area contributed by atoms with Gasteiger partial charge in [0.15, 0.2) is 0 Å². The molecule has 2 atom stereocenters. The van der Waals surface area contributed by atoms with E-state index in [-0.39, 0.29) is 0 Å². The fraction of sp³-hybridized carbons (Fsp3) is 0.647. The summed E-state index contributed by atoms with van der Waals surface area (Å²) in [7, 11) is 0. The van der Waals surface area contributed by atoms with Gasteiger partial charge in [-0.25, -0.2) is 0 Å². The lowest BCUT2D eigenvalue weighted by Gasteiger charge is -2.28. The van der Waals surface area contributed by atoms with E-state index in [1.54, 1.807) is 0 Å². The van der Waals surface area contributed by atoms with Crippen LogP contribution in [0, 0.1) is 0 Å².